The standard InChI is InChI=1S/C11H11ClN2O/c1-13-11-4-3-7-5-10(15-2)8(12)6-9(7)14-11/h3-6H,1-2H3,(H,13,14). The Morgan fingerprint density at radius 3 is 2.80 bits per heavy atom. The Morgan fingerprint density at radius 2 is 2.13 bits per heavy atom. The van der Waals surface area contributed by atoms with E-state index in [-0.39, 0.29) is 0 Å². The van der Waals surface area contributed by atoms with Crippen LogP contribution in [0, 0.1) is 0 Å². The van der Waals surface area contributed by atoms with E-state index < -0.39 is 0 Å². The Labute approximate surface area is 93.0 Å². The lowest BCUT2D eigenvalue weighted by Crippen LogP contribution is -1.92. The zero-order valence-electron chi connectivity index (χ0n) is 8.54. The second-order valence-electron chi connectivity index (χ2n) is 3.13. The molecule has 0 saturated heterocycles. The quantitative estimate of drug-likeness (QED) is 0.849. The number of pyridine rings is 1. The molecule has 1 aromatic heterocycles. The van der Waals surface area contributed by atoms with E-state index in [2.05, 4.69) is 10.3 Å². The van der Waals surface area contributed by atoms with E-state index in [0.29, 0.717) is 10.8 Å². The summed E-state index contributed by atoms with van der Waals surface area (Å²) in [5, 5.41) is 4.57. The van der Waals surface area contributed by atoms with Gasteiger partial charge in [0.1, 0.15) is 11.6 Å². The van der Waals surface area contributed by atoms with E-state index in [1.54, 1.807) is 13.2 Å². The molecule has 0 amide bonds. The Bertz CT molecular complexity index is 499. The van der Waals surface area contributed by atoms with Crippen LogP contribution >= 0.6 is 11.6 Å². The van der Waals surface area contributed by atoms with Gasteiger partial charge in [-0.2, -0.15) is 0 Å². The van der Waals surface area contributed by atoms with Gasteiger partial charge in [-0.25, -0.2) is 4.98 Å². The number of nitrogens with one attached hydrogen (secondary N) is 1. The summed E-state index contributed by atoms with van der Waals surface area (Å²) in [6.07, 6.45) is 0. The predicted octanol–water partition coefficient (Wildman–Crippen LogP) is 2.94. The van der Waals surface area contributed by atoms with Crippen molar-refractivity contribution in [2.45, 2.75) is 0 Å². The zero-order valence-corrected chi connectivity index (χ0v) is 9.30. The summed E-state index contributed by atoms with van der Waals surface area (Å²) in [6, 6.07) is 7.57. The Kier molecular flexibility index (Phi) is 2.64. The van der Waals surface area contributed by atoms with Gasteiger partial charge in [0, 0.05) is 12.4 Å². The van der Waals surface area contributed by atoms with Gasteiger partial charge in [-0.3, -0.25) is 0 Å². The molecule has 78 valence electrons. The van der Waals surface area contributed by atoms with E-state index in [1.165, 1.54) is 0 Å². The molecule has 2 rings (SSSR count). The Hall–Kier alpha value is -1.48. The van der Waals surface area contributed by atoms with E-state index in [9.17, 15) is 0 Å². The molecule has 4 heteroatoms. The number of halogens is 1. The topological polar surface area (TPSA) is 34.1 Å². The van der Waals surface area contributed by atoms with Gasteiger partial charge in [0.2, 0.25) is 0 Å². The zero-order chi connectivity index (χ0) is 10.8. The highest BCUT2D eigenvalue weighted by molar-refractivity contribution is 6.32. The van der Waals surface area contributed by atoms with Crippen LogP contribution in [0.5, 0.6) is 5.75 Å². The van der Waals surface area contributed by atoms with Crippen molar-refractivity contribution in [3.63, 3.8) is 0 Å². The van der Waals surface area contributed by atoms with Gasteiger partial charge in [0.15, 0.2) is 0 Å². The number of rotatable bonds is 2. The van der Waals surface area contributed by atoms with Crippen LogP contribution in [-0.2, 0) is 0 Å². The molecule has 0 saturated carbocycles. The first-order valence-electron chi connectivity index (χ1n) is 4.56. The molecule has 0 bridgehead atoms. The molecule has 2 aromatic rings. The molecule has 0 aliphatic rings. The normalized spacial score (nSPS) is 10.3. The average Bonchev–Trinajstić information content (AvgIpc) is 2.27. The first-order valence-corrected chi connectivity index (χ1v) is 4.94. The van der Waals surface area contributed by atoms with Crippen molar-refractivity contribution < 1.29 is 4.74 Å². The lowest BCUT2D eigenvalue weighted by Gasteiger charge is -2.06. The maximum Gasteiger partial charge on any atom is 0.138 e. The highest BCUT2D eigenvalue weighted by atomic mass is 35.5. The Balaban J connectivity index is 2.65. The van der Waals surface area contributed by atoms with Crippen LogP contribution in [0.1, 0.15) is 0 Å². The number of benzene rings is 1. The number of hydrogen-bond acceptors (Lipinski definition) is 3. The average molecular weight is 223 g/mol. The van der Waals surface area contributed by atoms with E-state index in [0.717, 1.165) is 16.7 Å². The van der Waals surface area contributed by atoms with Crippen LogP contribution in [0.3, 0.4) is 0 Å². The van der Waals surface area contributed by atoms with Crippen molar-refractivity contribution in [3.8, 4) is 5.75 Å². The van der Waals surface area contributed by atoms with Gasteiger partial charge in [0.25, 0.3) is 0 Å². The first-order chi connectivity index (χ1) is 7.24. The fourth-order valence-electron chi connectivity index (χ4n) is 1.42. The fraction of sp³-hybridized carbons (Fsp3) is 0.182. The van der Waals surface area contributed by atoms with Crippen LogP contribution in [0.4, 0.5) is 5.82 Å². The summed E-state index contributed by atoms with van der Waals surface area (Å²) in [5.41, 5.74) is 0.854. The molecule has 0 aliphatic heterocycles. The van der Waals surface area contributed by atoms with Gasteiger partial charge in [-0.05, 0) is 24.3 Å². The molecule has 0 aliphatic carbocycles. The summed E-state index contributed by atoms with van der Waals surface area (Å²) >= 11 is 6.01. The third-order valence-corrected chi connectivity index (χ3v) is 2.51. The molecular weight excluding hydrogens is 212 g/mol. The number of nitrogens with zero attached hydrogens (tertiary/aromatic N) is 1. The summed E-state index contributed by atoms with van der Waals surface area (Å²) in [5.74, 6) is 1.49. The largest absolute Gasteiger partial charge is 0.495 e. The minimum Gasteiger partial charge on any atom is -0.495 e. The van der Waals surface area contributed by atoms with Crippen LogP contribution in [0.15, 0.2) is 24.3 Å². The molecule has 0 spiro atoms. The summed E-state index contributed by atoms with van der Waals surface area (Å²) in [4.78, 5) is 4.38. The third kappa shape index (κ3) is 1.83. The van der Waals surface area contributed by atoms with Crippen LogP contribution in [0.2, 0.25) is 5.02 Å². The fourth-order valence-corrected chi connectivity index (χ4v) is 1.66. The van der Waals surface area contributed by atoms with Crippen molar-refractivity contribution >= 4 is 28.3 Å². The second kappa shape index (κ2) is 3.95. The molecule has 0 unspecified atom stereocenters. The first kappa shape index (κ1) is 10.1. The number of aromatic nitrogens is 1. The lowest BCUT2D eigenvalue weighted by molar-refractivity contribution is 0.415. The van der Waals surface area contributed by atoms with Gasteiger partial charge in [-0.15, -0.1) is 0 Å². The van der Waals surface area contributed by atoms with Gasteiger partial charge >= 0.3 is 0 Å². The maximum absolute atomic E-state index is 6.01. The SMILES string of the molecule is CNc1ccc2cc(OC)c(Cl)cc2n1. The van der Waals surface area contributed by atoms with Crippen molar-refractivity contribution in [2.75, 3.05) is 19.5 Å². The van der Waals surface area contributed by atoms with Crippen molar-refractivity contribution in [1.82, 2.24) is 4.98 Å². The number of ether oxygens (including phenoxy) is 1. The minimum atomic E-state index is 0.575. The number of anilines is 1. The van der Waals surface area contributed by atoms with Crippen molar-refractivity contribution in [2.24, 2.45) is 0 Å². The van der Waals surface area contributed by atoms with Crippen molar-refractivity contribution in [3.05, 3.63) is 29.3 Å². The van der Waals surface area contributed by atoms with E-state index >= 15 is 0 Å². The lowest BCUT2D eigenvalue weighted by atomic mass is 10.2. The Morgan fingerprint density at radius 1 is 1.33 bits per heavy atom. The van der Waals surface area contributed by atoms with E-state index in [4.69, 9.17) is 16.3 Å². The number of fused-ring (bicyclic) bond motifs is 1. The predicted molar refractivity (Wildman–Crippen MR) is 62.9 cm³/mol. The summed E-state index contributed by atoms with van der Waals surface area (Å²) in [7, 11) is 3.43. The second-order valence-corrected chi connectivity index (χ2v) is 3.53. The minimum absolute atomic E-state index is 0.575. The van der Waals surface area contributed by atoms with Gasteiger partial charge in [-0.1, -0.05) is 11.6 Å². The molecule has 0 atom stereocenters. The molecule has 1 aromatic carbocycles. The highest BCUT2D eigenvalue weighted by Gasteiger charge is 2.04. The van der Waals surface area contributed by atoms with Crippen LogP contribution < -0.4 is 10.1 Å². The highest BCUT2D eigenvalue weighted by Crippen LogP contribution is 2.29. The molecule has 15 heavy (non-hydrogen) atoms. The molecular formula is C11H11ClN2O. The molecule has 1 N–H and O–H groups in total. The maximum atomic E-state index is 6.01. The molecule has 0 radical (unpaired) electrons. The molecule has 1 heterocycles. The van der Waals surface area contributed by atoms with Crippen LogP contribution in [-0.4, -0.2) is 19.1 Å². The van der Waals surface area contributed by atoms with Gasteiger partial charge < -0.3 is 10.1 Å². The number of hydrogen-bond donors (Lipinski definition) is 1. The molecule has 0 fully saturated rings. The third-order valence-electron chi connectivity index (χ3n) is 2.22. The van der Waals surface area contributed by atoms with E-state index in [1.807, 2.05) is 25.2 Å². The number of methoxy groups -OCH3 is 1. The summed E-state index contributed by atoms with van der Waals surface area (Å²) in [6.45, 7) is 0. The van der Waals surface area contributed by atoms with Crippen LogP contribution in [0.25, 0.3) is 10.9 Å². The van der Waals surface area contributed by atoms with Crippen molar-refractivity contribution in [1.29, 1.82) is 0 Å². The monoisotopic (exact) mass is 222 g/mol. The smallest absolute Gasteiger partial charge is 0.138 e. The summed E-state index contributed by atoms with van der Waals surface area (Å²) < 4.78 is 5.13. The molecule has 3 nitrogen and oxygen atoms in total. The van der Waals surface area contributed by atoms with Gasteiger partial charge in [0.05, 0.1) is 17.6 Å².